The molecule has 7 aromatic rings. The van der Waals surface area contributed by atoms with Crippen molar-refractivity contribution in [1.29, 1.82) is 0 Å². The van der Waals surface area contributed by atoms with Crippen LogP contribution in [0.5, 0.6) is 0 Å². The average molecular weight is 605 g/mol. The Hall–Kier alpha value is -5.60. The van der Waals surface area contributed by atoms with Gasteiger partial charge in [-0.3, -0.25) is 0 Å². The van der Waals surface area contributed by atoms with Gasteiger partial charge in [0.25, 0.3) is 0 Å². The fourth-order valence-corrected chi connectivity index (χ4v) is 8.03. The number of fused-ring (bicyclic) bond motifs is 6. The predicted octanol–water partition coefficient (Wildman–Crippen LogP) is 11.7. The van der Waals surface area contributed by atoms with Crippen molar-refractivity contribution in [3.05, 3.63) is 181 Å². The van der Waals surface area contributed by atoms with E-state index in [1.807, 2.05) is 0 Å². The summed E-state index contributed by atoms with van der Waals surface area (Å²) in [6, 6.07) is 55.5. The van der Waals surface area contributed by atoms with Crippen molar-refractivity contribution >= 4 is 38.8 Å². The molecule has 0 fully saturated rings. The summed E-state index contributed by atoms with van der Waals surface area (Å²) in [5, 5.41) is 2.54. The van der Waals surface area contributed by atoms with E-state index in [9.17, 15) is 0 Å². The number of allylic oxidation sites excluding steroid dienone is 2. The van der Waals surface area contributed by atoms with Crippen molar-refractivity contribution in [2.24, 2.45) is 0 Å². The lowest BCUT2D eigenvalue weighted by Gasteiger charge is -2.36. The van der Waals surface area contributed by atoms with Crippen molar-refractivity contribution in [3.63, 3.8) is 0 Å². The van der Waals surface area contributed by atoms with Crippen LogP contribution >= 0.6 is 0 Å². The number of benzene rings is 6. The molecular weight excluding hydrogens is 569 g/mol. The molecule has 1 aromatic heterocycles. The van der Waals surface area contributed by atoms with Gasteiger partial charge in [-0.25, -0.2) is 0 Å². The summed E-state index contributed by atoms with van der Waals surface area (Å²) in [5.74, 6) is 0. The van der Waals surface area contributed by atoms with Gasteiger partial charge < -0.3 is 9.47 Å². The molecule has 1 unspecified atom stereocenters. The summed E-state index contributed by atoms with van der Waals surface area (Å²) < 4.78 is 2.42. The van der Waals surface area contributed by atoms with Crippen LogP contribution in [0, 0.1) is 0 Å². The molecule has 0 N–H and O–H groups in total. The van der Waals surface area contributed by atoms with Crippen molar-refractivity contribution < 1.29 is 0 Å². The smallest absolute Gasteiger partial charge is 0.0563 e. The molecule has 47 heavy (non-hydrogen) atoms. The molecule has 0 radical (unpaired) electrons. The molecule has 2 heteroatoms. The molecule has 0 saturated heterocycles. The highest BCUT2D eigenvalue weighted by Gasteiger charge is 2.40. The summed E-state index contributed by atoms with van der Waals surface area (Å²) in [6.07, 6.45) is 5.97. The molecule has 2 aliphatic rings. The van der Waals surface area contributed by atoms with Crippen molar-refractivity contribution in [2.45, 2.75) is 31.7 Å². The number of para-hydroxylation sites is 2. The van der Waals surface area contributed by atoms with Gasteiger partial charge in [0.1, 0.15) is 0 Å². The number of nitrogens with zero attached hydrogens (tertiary/aromatic N) is 2. The fraction of sp³-hybridized carbons (Fsp3) is 0.111. The zero-order valence-electron chi connectivity index (χ0n) is 26.8. The molecule has 9 rings (SSSR count). The van der Waals surface area contributed by atoms with Gasteiger partial charge in [0.15, 0.2) is 0 Å². The molecule has 0 bridgehead atoms. The topological polar surface area (TPSA) is 8.17 Å². The van der Waals surface area contributed by atoms with Gasteiger partial charge in [-0.15, -0.1) is 0 Å². The Labute approximate surface area is 276 Å². The lowest BCUT2D eigenvalue weighted by atomic mass is 9.79. The van der Waals surface area contributed by atoms with E-state index < -0.39 is 0 Å². The van der Waals surface area contributed by atoms with Gasteiger partial charge in [0, 0.05) is 33.2 Å². The Kier molecular flexibility index (Phi) is 6.33. The third-order valence-electron chi connectivity index (χ3n) is 10.3. The first-order chi connectivity index (χ1) is 23.1. The molecule has 0 saturated carbocycles. The predicted molar refractivity (Wildman–Crippen MR) is 199 cm³/mol. The molecule has 1 atom stereocenters. The third-order valence-corrected chi connectivity index (χ3v) is 10.3. The molecule has 0 amide bonds. The van der Waals surface area contributed by atoms with Gasteiger partial charge >= 0.3 is 0 Å². The maximum atomic E-state index is 2.56. The van der Waals surface area contributed by atoms with Crippen LogP contribution < -0.4 is 4.90 Å². The summed E-state index contributed by atoms with van der Waals surface area (Å²) in [6.45, 7) is 4.76. The quantitative estimate of drug-likeness (QED) is 0.190. The average Bonchev–Trinajstić information content (AvgIpc) is 3.58. The molecule has 6 aromatic carbocycles. The monoisotopic (exact) mass is 604 g/mol. The van der Waals surface area contributed by atoms with Gasteiger partial charge in [-0.2, -0.15) is 0 Å². The zero-order chi connectivity index (χ0) is 31.5. The minimum absolute atomic E-state index is 0.0480. The van der Waals surface area contributed by atoms with Crippen LogP contribution in [0.3, 0.4) is 0 Å². The minimum atomic E-state index is -0.0480. The van der Waals surface area contributed by atoms with Crippen LogP contribution in [0.15, 0.2) is 169 Å². The van der Waals surface area contributed by atoms with E-state index in [2.05, 4.69) is 187 Å². The first-order valence-corrected chi connectivity index (χ1v) is 16.6. The van der Waals surface area contributed by atoms with Crippen LogP contribution in [0.1, 0.15) is 31.4 Å². The molecule has 2 nitrogen and oxygen atoms in total. The first kappa shape index (κ1) is 27.7. The van der Waals surface area contributed by atoms with Gasteiger partial charge in [0.05, 0.1) is 17.1 Å². The number of anilines is 2. The Bertz CT molecular complexity index is 2340. The normalized spacial score (nSPS) is 16.4. The van der Waals surface area contributed by atoms with E-state index in [1.54, 1.807) is 0 Å². The maximum absolute atomic E-state index is 2.56. The van der Waals surface area contributed by atoms with Crippen LogP contribution in [0.4, 0.5) is 11.4 Å². The highest BCUT2D eigenvalue weighted by atomic mass is 15.2. The third kappa shape index (κ3) is 4.40. The molecule has 226 valence electrons. The van der Waals surface area contributed by atoms with Crippen molar-refractivity contribution in [3.8, 4) is 16.8 Å². The van der Waals surface area contributed by atoms with E-state index >= 15 is 0 Å². The maximum Gasteiger partial charge on any atom is 0.0563 e. The highest BCUT2D eigenvalue weighted by Crippen LogP contribution is 2.52. The Morgan fingerprint density at radius 2 is 1.23 bits per heavy atom. The number of rotatable bonds is 5. The van der Waals surface area contributed by atoms with Gasteiger partial charge in [-0.1, -0.05) is 135 Å². The van der Waals surface area contributed by atoms with Crippen LogP contribution in [0.2, 0.25) is 0 Å². The Balaban J connectivity index is 1.23. The Morgan fingerprint density at radius 3 is 2.04 bits per heavy atom. The summed E-state index contributed by atoms with van der Waals surface area (Å²) in [4.78, 5) is 2.56. The second-order valence-electron chi connectivity index (χ2n) is 13.3. The van der Waals surface area contributed by atoms with E-state index in [0.717, 1.165) is 6.42 Å². The molecular formula is C45H36N2. The minimum Gasteiger partial charge on any atom is -0.334 e. The largest absolute Gasteiger partial charge is 0.334 e. The fourth-order valence-electron chi connectivity index (χ4n) is 8.03. The van der Waals surface area contributed by atoms with Gasteiger partial charge in [0.2, 0.25) is 0 Å². The standard InChI is InChI=1S/C45H36N2/c1-45(2)41-19-11-9-17-37(41)38-27-25-35(29-42(38)45)46(34-23-21-32(22-24-34)31-13-5-3-6-14-31)36-26-28-40-39-18-10-12-20-43(39)47(44(40)30-36)33-15-7-4-8-16-33/h3-24,26-30,35H,25H2,1-2H3. The van der Waals surface area contributed by atoms with Crippen LogP contribution in [-0.2, 0) is 5.41 Å². The van der Waals surface area contributed by atoms with E-state index in [4.69, 9.17) is 0 Å². The van der Waals surface area contributed by atoms with Gasteiger partial charge in [-0.05, 0) is 82.3 Å². The molecule has 0 aliphatic heterocycles. The summed E-state index contributed by atoms with van der Waals surface area (Å²) in [5.41, 5.74) is 14.1. The zero-order valence-corrected chi connectivity index (χ0v) is 26.8. The lowest BCUT2D eigenvalue weighted by molar-refractivity contribution is 0.644. The summed E-state index contributed by atoms with van der Waals surface area (Å²) in [7, 11) is 0. The lowest BCUT2D eigenvalue weighted by Crippen LogP contribution is -2.32. The van der Waals surface area contributed by atoms with Crippen LogP contribution in [0.25, 0.3) is 44.2 Å². The summed E-state index contributed by atoms with van der Waals surface area (Å²) >= 11 is 0. The second kappa shape index (κ2) is 10.7. The van der Waals surface area contributed by atoms with E-state index in [1.165, 1.54) is 72.3 Å². The molecule has 2 aliphatic carbocycles. The second-order valence-corrected chi connectivity index (χ2v) is 13.3. The number of hydrogen-bond acceptors (Lipinski definition) is 1. The van der Waals surface area contributed by atoms with E-state index in [-0.39, 0.29) is 11.5 Å². The highest BCUT2D eigenvalue weighted by molar-refractivity contribution is 6.10. The SMILES string of the molecule is CC1(C)C2=CC(N(c3ccc(-c4ccccc4)cc3)c3ccc4c5ccccc5n(-c5ccccc5)c4c3)CC=C2c2ccccc21. The number of aromatic nitrogens is 1. The van der Waals surface area contributed by atoms with Crippen molar-refractivity contribution in [1.82, 2.24) is 4.57 Å². The Morgan fingerprint density at radius 1 is 0.596 bits per heavy atom. The molecule has 1 heterocycles. The number of hydrogen-bond donors (Lipinski definition) is 0. The first-order valence-electron chi connectivity index (χ1n) is 16.6. The van der Waals surface area contributed by atoms with E-state index in [0.29, 0.717) is 0 Å². The molecule has 0 spiro atoms. The van der Waals surface area contributed by atoms with Crippen molar-refractivity contribution in [2.75, 3.05) is 4.90 Å². The van der Waals surface area contributed by atoms with Crippen LogP contribution in [-0.4, -0.2) is 10.6 Å².